The molecule has 1 amide bonds. The van der Waals surface area contributed by atoms with E-state index in [4.69, 9.17) is 0 Å². The summed E-state index contributed by atoms with van der Waals surface area (Å²) in [6, 6.07) is 10.7. The Morgan fingerprint density at radius 2 is 2.00 bits per heavy atom. The number of rotatable bonds is 3. The molecule has 2 saturated heterocycles. The molecule has 1 unspecified atom stereocenters. The highest BCUT2D eigenvalue weighted by molar-refractivity contribution is 5.87. The van der Waals surface area contributed by atoms with Gasteiger partial charge in [0, 0.05) is 31.6 Å². The van der Waals surface area contributed by atoms with Gasteiger partial charge < -0.3 is 4.90 Å². The number of piperidine rings is 1. The van der Waals surface area contributed by atoms with E-state index in [1.165, 1.54) is 31.0 Å². The average molecular weight is 284 g/mol. The molecule has 0 aliphatic carbocycles. The van der Waals surface area contributed by atoms with E-state index in [-0.39, 0.29) is 5.91 Å². The highest BCUT2D eigenvalue weighted by atomic mass is 16.2. The van der Waals surface area contributed by atoms with Gasteiger partial charge in [0.25, 0.3) is 0 Å². The Kier molecular flexibility index (Phi) is 4.11. The molecule has 1 spiro atoms. The molecule has 21 heavy (non-hydrogen) atoms. The molecular formula is C18H24N2O. The Bertz CT molecular complexity index is 513. The molecule has 3 rings (SSSR count). The SMILES string of the molecule is C=CC(=O)N1CCC2(CCCN(Cc3ccccc3)C2)C1. The smallest absolute Gasteiger partial charge is 0.245 e. The Balaban J connectivity index is 1.63. The van der Waals surface area contributed by atoms with Crippen LogP contribution in [-0.2, 0) is 11.3 Å². The van der Waals surface area contributed by atoms with Gasteiger partial charge in [-0.1, -0.05) is 36.9 Å². The predicted octanol–water partition coefficient (Wildman–Crippen LogP) is 2.69. The van der Waals surface area contributed by atoms with Gasteiger partial charge in [0.05, 0.1) is 0 Å². The van der Waals surface area contributed by atoms with Gasteiger partial charge >= 0.3 is 0 Å². The fraction of sp³-hybridized carbons (Fsp3) is 0.500. The van der Waals surface area contributed by atoms with E-state index in [1.807, 2.05) is 4.90 Å². The van der Waals surface area contributed by atoms with Crippen molar-refractivity contribution in [3.63, 3.8) is 0 Å². The lowest BCUT2D eigenvalue weighted by atomic mass is 9.79. The molecule has 0 bridgehead atoms. The second kappa shape index (κ2) is 6.02. The molecule has 2 heterocycles. The first-order valence-electron chi connectivity index (χ1n) is 7.88. The number of amides is 1. The molecule has 3 nitrogen and oxygen atoms in total. The largest absolute Gasteiger partial charge is 0.339 e. The van der Waals surface area contributed by atoms with Crippen LogP contribution in [-0.4, -0.2) is 41.9 Å². The summed E-state index contributed by atoms with van der Waals surface area (Å²) in [6.07, 6.45) is 5.07. The zero-order chi connectivity index (χ0) is 14.7. The Morgan fingerprint density at radius 1 is 1.19 bits per heavy atom. The van der Waals surface area contributed by atoms with Crippen molar-refractivity contribution in [2.45, 2.75) is 25.8 Å². The monoisotopic (exact) mass is 284 g/mol. The molecule has 1 aromatic carbocycles. The molecule has 2 fully saturated rings. The van der Waals surface area contributed by atoms with E-state index in [0.717, 1.165) is 32.6 Å². The highest BCUT2D eigenvalue weighted by Gasteiger charge is 2.42. The van der Waals surface area contributed by atoms with Gasteiger partial charge in [0.2, 0.25) is 5.91 Å². The second-order valence-corrected chi connectivity index (χ2v) is 6.51. The zero-order valence-electron chi connectivity index (χ0n) is 12.6. The minimum atomic E-state index is 0.0899. The van der Waals surface area contributed by atoms with Gasteiger partial charge in [-0.25, -0.2) is 0 Å². The molecule has 2 aliphatic rings. The lowest BCUT2D eigenvalue weighted by Crippen LogP contribution is -2.44. The molecule has 1 atom stereocenters. The molecular weight excluding hydrogens is 260 g/mol. The van der Waals surface area contributed by atoms with E-state index >= 15 is 0 Å². The number of carbonyl (C=O) groups is 1. The van der Waals surface area contributed by atoms with Crippen LogP contribution in [0.1, 0.15) is 24.8 Å². The summed E-state index contributed by atoms with van der Waals surface area (Å²) in [5.41, 5.74) is 1.69. The summed E-state index contributed by atoms with van der Waals surface area (Å²) in [5.74, 6) is 0.0899. The normalized spacial score (nSPS) is 26.2. The third kappa shape index (κ3) is 3.18. The Labute approximate surface area is 127 Å². The molecule has 3 heteroatoms. The lowest BCUT2D eigenvalue weighted by Gasteiger charge is -2.40. The van der Waals surface area contributed by atoms with Crippen LogP contribution >= 0.6 is 0 Å². The number of nitrogens with zero attached hydrogens (tertiary/aromatic N) is 2. The third-order valence-electron chi connectivity index (χ3n) is 4.91. The summed E-state index contributed by atoms with van der Waals surface area (Å²) in [6.45, 7) is 8.72. The summed E-state index contributed by atoms with van der Waals surface area (Å²) in [5, 5.41) is 0. The van der Waals surface area contributed by atoms with Crippen molar-refractivity contribution in [2.75, 3.05) is 26.2 Å². The summed E-state index contributed by atoms with van der Waals surface area (Å²) in [7, 11) is 0. The van der Waals surface area contributed by atoms with Crippen molar-refractivity contribution in [3.8, 4) is 0 Å². The number of likely N-dealkylation sites (tertiary alicyclic amines) is 2. The van der Waals surface area contributed by atoms with Crippen LogP contribution in [0.5, 0.6) is 0 Å². The van der Waals surface area contributed by atoms with E-state index in [0.29, 0.717) is 5.41 Å². The third-order valence-corrected chi connectivity index (χ3v) is 4.91. The molecule has 112 valence electrons. The van der Waals surface area contributed by atoms with Crippen LogP contribution in [0.25, 0.3) is 0 Å². The van der Waals surface area contributed by atoms with Crippen molar-refractivity contribution in [1.82, 2.24) is 9.80 Å². The summed E-state index contributed by atoms with van der Waals surface area (Å²) < 4.78 is 0. The van der Waals surface area contributed by atoms with Crippen LogP contribution in [0.4, 0.5) is 0 Å². The molecule has 2 aliphatic heterocycles. The van der Waals surface area contributed by atoms with Crippen LogP contribution < -0.4 is 0 Å². The number of hydrogen-bond donors (Lipinski definition) is 0. The zero-order valence-corrected chi connectivity index (χ0v) is 12.6. The van der Waals surface area contributed by atoms with Crippen molar-refractivity contribution in [2.24, 2.45) is 5.41 Å². The Morgan fingerprint density at radius 3 is 2.76 bits per heavy atom. The number of carbonyl (C=O) groups excluding carboxylic acids is 1. The average Bonchev–Trinajstić information content (AvgIpc) is 2.91. The van der Waals surface area contributed by atoms with E-state index in [1.54, 1.807) is 0 Å². The first-order chi connectivity index (χ1) is 10.2. The summed E-state index contributed by atoms with van der Waals surface area (Å²) in [4.78, 5) is 16.3. The van der Waals surface area contributed by atoms with Crippen molar-refractivity contribution in [1.29, 1.82) is 0 Å². The molecule has 1 aromatic rings. The van der Waals surface area contributed by atoms with Gasteiger partial charge in [-0.15, -0.1) is 0 Å². The second-order valence-electron chi connectivity index (χ2n) is 6.51. The fourth-order valence-electron chi connectivity index (χ4n) is 3.87. The van der Waals surface area contributed by atoms with Gasteiger partial charge in [-0.2, -0.15) is 0 Å². The van der Waals surface area contributed by atoms with Crippen LogP contribution in [0.15, 0.2) is 43.0 Å². The maximum Gasteiger partial charge on any atom is 0.245 e. The van der Waals surface area contributed by atoms with Gasteiger partial charge in [-0.3, -0.25) is 9.69 Å². The molecule has 0 N–H and O–H groups in total. The summed E-state index contributed by atoms with van der Waals surface area (Å²) >= 11 is 0. The van der Waals surface area contributed by atoms with Crippen LogP contribution in [0, 0.1) is 5.41 Å². The van der Waals surface area contributed by atoms with Crippen molar-refractivity contribution >= 4 is 5.91 Å². The van der Waals surface area contributed by atoms with Crippen LogP contribution in [0.3, 0.4) is 0 Å². The van der Waals surface area contributed by atoms with Gasteiger partial charge in [-0.05, 0) is 37.4 Å². The molecule has 0 radical (unpaired) electrons. The van der Waals surface area contributed by atoms with Crippen molar-refractivity contribution in [3.05, 3.63) is 48.6 Å². The van der Waals surface area contributed by atoms with Crippen LogP contribution in [0.2, 0.25) is 0 Å². The molecule has 0 saturated carbocycles. The van der Waals surface area contributed by atoms with Crippen molar-refractivity contribution < 1.29 is 4.79 Å². The van der Waals surface area contributed by atoms with E-state index < -0.39 is 0 Å². The van der Waals surface area contributed by atoms with Gasteiger partial charge in [0.15, 0.2) is 0 Å². The number of hydrogen-bond acceptors (Lipinski definition) is 2. The lowest BCUT2D eigenvalue weighted by molar-refractivity contribution is -0.125. The minimum Gasteiger partial charge on any atom is -0.339 e. The topological polar surface area (TPSA) is 23.6 Å². The van der Waals surface area contributed by atoms with E-state index in [9.17, 15) is 4.79 Å². The maximum atomic E-state index is 11.8. The molecule has 0 aromatic heterocycles. The first-order valence-corrected chi connectivity index (χ1v) is 7.88. The predicted molar refractivity (Wildman–Crippen MR) is 84.8 cm³/mol. The Hall–Kier alpha value is -1.61. The highest BCUT2D eigenvalue weighted by Crippen LogP contribution is 2.39. The standard InChI is InChI=1S/C18H24N2O/c1-2-17(21)20-12-10-18(15-20)9-6-11-19(14-18)13-16-7-4-3-5-8-16/h2-5,7-8H,1,6,9-15H2. The first kappa shape index (κ1) is 14.3. The van der Waals surface area contributed by atoms with E-state index in [2.05, 4.69) is 41.8 Å². The minimum absolute atomic E-state index is 0.0899. The van der Waals surface area contributed by atoms with Gasteiger partial charge in [0.1, 0.15) is 0 Å². The quantitative estimate of drug-likeness (QED) is 0.797. The fourth-order valence-corrected chi connectivity index (χ4v) is 3.87. The number of benzene rings is 1. The maximum absolute atomic E-state index is 11.8.